The minimum atomic E-state index is -0.255. The molecule has 2 aromatic heterocycles. The number of anilines is 1. The Bertz CT molecular complexity index is 965. The van der Waals surface area contributed by atoms with Gasteiger partial charge in [-0.1, -0.05) is 31.4 Å². The third kappa shape index (κ3) is 5.07. The highest BCUT2D eigenvalue weighted by atomic mass is 19.1. The molecule has 0 saturated heterocycles. The molecule has 2 N–H and O–H groups in total. The molecule has 0 aliphatic heterocycles. The first-order valence-corrected chi connectivity index (χ1v) is 10.2. The summed E-state index contributed by atoms with van der Waals surface area (Å²) in [5.74, 6) is 1.12. The van der Waals surface area contributed by atoms with Crippen LogP contribution < -0.4 is 10.6 Å². The topological polar surface area (TPSA) is 84.2 Å². The molecule has 152 valence electrons. The van der Waals surface area contributed by atoms with Gasteiger partial charge >= 0.3 is 0 Å². The summed E-state index contributed by atoms with van der Waals surface area (Å²) < 4.78 is 14.7. The predicted octanol–water partition coefficient (Wildman–Crippen LogP) is 3.26. The van der Waals surface area contributed by atoms with Crippen LogP contribution in [0.3, 0.4) is 0 Å². The smallest absolute Gasteiger partial charge is 0.220 e. The number of rotatable bonds is 7. The monoisotopic (exact) mass is 396 g/mol. The minimum absolute atomic E-state index is 0.0549. The Hall–Kier alpha value is -3.03. The SMILES string of the molecule is O=C(CCc1nnc2ccc(NCc3ccc(F)cc3)nn12)NC1CCCCC1. The molecule has 4 rings (SSSR count). The van der Waals surface area contributed by atoms with Gasteiger partial charge < -0.3 is 10.6 Å². The summed E-state index contributed by atoms with van der Waals surface area (Å²) >= 11 is 0. The van der Waals surface area contributed by atoms with Crippen LogP contribution in [0.15, 0.2) is 36.4 Å². The summed E-state index contributed by atoms with van der Waals surface area (Å²) in [5, 5.41) is 19.2. The average molecular weight is 396 g/mol. The molecule has 1 aliphatic rings. The molecule has 1 fully saturated rings. The highest BCUT2D eigenvalue weighted by Crippen LogP contribution is 2.17. The van der Waals surface area contributed by atoms with E-state index in [-0.39, 0.29) is 11.7 Å². The van der Waals surface area contributed by atoms with Crippen molar-refractivity contribution in [3.8, 4) is 0 Å². The molecule has 29 heavy (non-hydrogen) atoms. The van der Waals surface area contributed by atoms with Crippen molar-refractivity contribution in [2.24, 2.45) is 0 Å². The predicted molar refractivity (Wildman–Crippen MR) is 108 cm³/mol. The zero-order valence-corrected chi connectivity index (χ0v) is 16.3. The summed E-state index contributed by atoms with van der Waals surface area (Å²) in [6.45, 7) is 0.528. The molecule has 1 aromatic carbocycles. The lowest BCUT2D eigenvalue weighted by Gasteiger charge is -2.22. The fourth-order valence-electron chi connectivity index (χ4n) is 3.65. The van der Waals surface area contributed by atoms with Gasteiger partial charge in [-0.05, 0) is 42.7 Å². The summed E-state index contributed by atoms with van der Waals surface area (Å²) in [6, 6.07) is 10.3. The van der Waals surface area contributed by atoms with Gasteiger partial charge in [-0.3, -0.25) is 4.79 Å². The van der Waals surface area contributed by atoms with E-state index in [4.69, 9.17) is 0 Å². The van der Waals surface area contributed by atoms with Crippen LogP contribution in [-0.2, 0) is 17.8 Å². The summed E-state index contributed by atoms with van der Waals surface area (Å²) in [7, 11) is 0. The van der Waals surface area contributed by atoms with E-state index < -0.39 is 0 Å². The van der Waals surface area contributed by atoms with Crippen LogP contribution in [0.25, 0.3) is 5.65 Å². The van der Waals surface area contributed by atoms with Crippen molar-refractivity contribution < 1.29 is 9.18 Å². The van der Waals surface area contributed by atoms with Gasteiger partial charge in [-0.15, -0.1) is 15.3 Å². The van der Waals surface area contributed by atoms with Crippen LogP contribution >= 0.6 is 0 Å². The van der Waals surface area contributed by atoms with Crippen molar-refractivity contribution in [2.45, 2.75) is 57.5 Å². The molecular weight excluding hydrogens is 371 g/mol. The van der Waals surface area contributed by atoms with Crippen molar-refractivity contribution in [1.82, 2.24) is 25.1 Å². The second kappa shape index (κ2) is 8.98. The van der Waals surface area contributed by atoms with E-state index in [1.54, 1.807) is 16.6 Å². The van der Waals surface area contributed by atoms with E-state index in [9.17, 15) is 9.18 Å². The number of carbonyl (C=O) groups is 1. The van der Waals surface area contributed by atoms with Gasteiger partial charge in [-0.25, -0.2) is 4.39 Å². The van der Waals surface area contributed by atoms with Gasteiger partial charge in [0.25, 0.3) is 0 Å². The molecule has 1 aliphatic carbocycles. The minimum Gasteiger partial charge on any atom is -0.365 e. The standard InChI is InChI=1S/C21H25FN6O/c22-16-8-6-15(7-9-16)14-23-18-10-11-19-25-26-20(28(19)27-18)12-13-21(29)24-17-4-2-1-3-5-17/h6-11,17H,1-5,12-14H2,(H,23,27)(H,24,29). The molecule has 3 aromatic rings. The van der Waals surface area contributed by atoms with Gasteiger partial charge in [0.05, 0.1) is 0 Å². The highest BCUT2D eigenvalue weighted by Gasteiger charge is 2.16. The molecule has 0 radical (unpaired) electrons. The van der Waals surface area contributed by atoms with E-state index in [1.807, 2.05) is 12.1 Å². The lowest BCUT2D eigenvalue weighted by Crippen LogP contribution is -2.36. The first-order chi connectivity index (χ1) is 14.2. The number of aromatic nitrogens is 4. The molecule has 0 unspecified atom stereocenters. The Kier molecular flexibility index (Phi) is 5.97. The Balaban J connectivity index is 1.36. The first-order valence-electron chi connectivity index (χ1n) is 10.2. The van der Waals surface area contributed by atoms with Gasteiger partial charge in [0, 0.05) is 25.4 Å². The van der Waals surface area contributed by atoms with Crippen LogP contribution in [0.4, 0.5) is 10.2 Å². The number of aryl methyl sites for hydroxylation is 1. The molecular formula is C21H25FN6O. The van der Waals surface area contributed by atoms with Crippen molar-refractivity contribution in [1.29, 1.82) is 0 Å². The van der Waals surface area contributed by atoms with Gasteiger partial charge in [-0.2, -0.15) is 4.52 Å². The summed E-state index contributed by atoms with van der Waals surface area (Å²) in [5.41, 5.74) is 1.59. The maximum absolute atomic E-state index is 13.0. The molecule has 0 atom stereocenters. The van der Waals surface area contributed by atoms with Gasteiger partial charge in [0.1, 0.15) is 11.6 Å². The number of nitrogens with one attached hydrogen (secondary N) is 2. The normalized spacial score (nSPS) is 14.8. The van der Waals surface area contributed by atoms with Crippen molar-refractivity contribution in [3.63, 3.8) is 0 Å². The number of hydrogen-bond acceptors (Lipinski definition) is 5. The highest BCUT2D eigenvalue weighted by molar-refractivity contribution is 5.76. The van der Waals surface area contributed by atoms with Crippen LogP contribution in [0.5, 0.6) is 0 Å². The van der Waals surface area contributed by atoms with Crippen LogP contribution in [0, 0.1) is 5.82 Å². The average Bonchev–Trinajstić information content (AvgIpc) is 3.15. The lowest BCUT2D eigenvalue weighted by atomic mass is 9.95. The van der Waals surface area contributed by atoms with Gasteiger partial charge in [0.15, 0.2) is 11.5 Å². The number of carbonyl (C=O) groups excluding carboxylic acids is 1. The lowest BCUT2D eigenvalue weighted by molar-refractivity contribution is -0.122. The summed E-state index contributed by atoms with van der Waals surface area (Å²) in [6.07, 6.45) is 6.64. The third-order valence-electron chi connectivity index (χ3n) is 5.26. The molecule has 7 nitrogen and oxygen atoms in total. The maximum Gasteiger partial charge on any atom is 0.220 e. The fraction of sp³-hybridized carbons (Fsp3) is 0.429. The van der Waals surface area contributed by atoms with Crippen LogP contribution in [0.1, 0.15) is 49.9 Å². The fourth-order valence-corrected chi connectivity index (χ4v) is 3.65. The Morgan fingerprint density at radius 1 is 1.07 bits per heavy atom. The molecule has 8 heteroatoms. The third-order valence-corrected chi connectivity index (χ3v) is 5.26. The zero-order chi connectivity index (χ0) is 20.1. The Labute approximate surface area is 168 Å². The molecule has 1 saturated carbocycles. The second-order valence-corrected chi connectivity index (χ2v) is 7.49. The maximum atomic E-state index is 13.0. The van der Waals surface area contributed by atoms with E-state index in [0.29, 0.717) is 42.7 Å². The molecule has 1 amide bonds. The molecule has 2 heterocycles. The van der Waals surface area contributed by atoms with E-state index in [2.05, 4.69) is 25.9 Å². The Morgan fingerprint density at radius 3 is 2.66 bits per heavy atom. The number of benzene rings is 1. The van der Waals surface area contributed by atoms with E-state index in [0.717, 1.165) is 18.4 Å². The Morgan fingerprint density at radius 2 is 1.86 bits per heavy atom. The van der Waals surface area contributed by atoms with Crippen molar-refractivity contribution in [2.75, 3.05) is 5.32 Å². The number of halogens is 1. The van der Waals surface area contributed by atoms with E-state index in [1.165, 1.54) is 31.4 Å². The van der Waals surface area contributed by atoms with Crippen LogP contribution in [0.2, 0.25) is 0 Å². The quantitative estimate of drug-likeness (QED) is 0.640. The van der Waals surface area contributed by atoms with Crippen molar-refractivity contribution in [3.05, 3.63) is 53.6 Å². The molecule has 0 bridgehead atoms. The number of nitrogens with zero attached hydrogens (tertiary/aromatic N) is 4. The number of amides is 1. The number of hydrogen-bond donors (Lipinski definition) is 2. The summed E-state index contributed by atoms with van der Waals surface area (Å²) in [4.78, 5) is 12.3. The number of fused-ring (bicyclic) bond motifs is 1. The zero-order valence-electron chi connectivity index (χ0n) is 16.3. The molecule has 0 spiro atoms. The second-order valence-electron chi connectivity index (χ2n) is 7.49. The van der Waals surface area contributed by atoms with E-state index >= 15 is 0 Å². The first kappa shape index (κ1) is 19.3. The van der Waals surface area contributed by atoms with Gasteiger partial charge in [0.2, 0.25) is 5.91 Å². The van der Waals surface area contributed by atoms with Crippen molar-refractivity contribution >= 4 is 17.4 Å². The largest absolute Gasteiger partial charge is 0.365 e. The van der Waals surface area contributed by atoms with Crippen LogP contribution in [-0.4, -0.2) is 31.8 Å².